The minimum atomic E-state index is -0.232. The fraction of sp³-hybridized carbons (Fsp3) is 0.300. The molecule has 0 spiro atoms. The maximum atomic E-state index is 10.8. The number of halogens is 1. The maximum absolute atomic E-state index is 10.8. The Balaban J connectivity index is 2.47. The van der Waals surface area contributed by atoms with Gasteiger partial charge in [0.1, 0.15) is 5.75 Å². The summed E-state index contributed by atoms with van der Waals surface area (Å²) >= 11 is 3.36. The third-order valence-electron chi connectivity index (χ3n) is 1.88. The van der Waals surface area contributed by atoms with E-state index in [0.29, 0.717) is 6.61 Å². The average Bonchev–Trinajstić information content (AvgIpc) is 2.21. The van der Waals surface area contributed by atoms with Crippen molar-refractivity contribution in [2.75, 3.05) is 6.61 Å². The van der Waals surface area contributed by atoms with E-state index >= 15 is 0 Å². The van der Waals surface area contributed by atoms with E-state index in [-0.39, 0.29) is 12.3 Å². The van der Waals surface area contributed by atoms with Crippen LogP contribution in [0.4, 0.5) is 0 Å². The topological polar surface area (TPSA) is 64.3 Å². The molecule has 5 heteroatoms. The Morgan fingerprint density at radius 1 is 1.60 bits per heavy atom. The van der Waals surface area contributed by atoms with E-state index in [1.54, 1.807) is 0 Å². The highest BCUT2D eigenvalue weighted by Gasteiger charge is 2.02. The molecule has 1 rings (SSSR count). The van der Waals surface area contributed by atoms with Crippen LogP contribution in [0.1, 0.15) is 12.0 Å². The van der Waals surface area contributed by atoms with Crippen molar-refractivity contribution in [3.63, 3.8) is 0 Å². The zero-order valence-electron chi connectivity index (χ0n) is 8.42. The Morgan fingerprint density at radius 3 is 2.93 bits per heavy atom. The third kappa shape index (κ3) is 3.89. The number of aryl methyl sites for hydroxylation is 1. The van der Waals surface area contributed by atoms with Crippen LogP contribution in [0, 0.1) is 6.92 Å². The molecule has 0 aliphatic carbocycles. The van der Waals surface area contributed by atoms with Crippen LogP contribution < -0.4 is 16.0 Å². The van der Waals surface area contributed by atoms with Crippen molar-refractivity contribution >= 4 is 21.8 Å². The number of nitrogens with one attached hydrogen (secondary N) is 1. The van der Waals surface area contributed by atoms with Crippen molar-refractivity contribution in [2.24, 2.45) is 5.84 Å². The van der Waals surface area contributed by atoms with Crippen LogP contribution in [-0.2, 0) is 4.79 Å². The van der Waals surface area contributed by atoms with Gasteiger partial charge in [0.25, 0.3) is 0 Å². The van der Waals surface area contributed by atoms with E-state index in [2.05, 4.69) is 15.9 Å². The van der Waals surface area contributed by atoms with Gasteiger partial charge in [-0.3, -0.25) is 10.2 Å². The normalized spacial score (nSPS) is 9.80. The summed E-state index contributed by atoms with van der Waals surface area (Å²) in [4.78, 5) is 10.8. The molecule has 4 nitrogen and oxygen atoms in total. The van der Waals surface area contributed by atoms with Crippen LogP contribution in [0.5, 0.6) is 5.75 Å². The number of hydrogen-bond donors (Lipinski definition) is 2. The number of hydrazine groups is 1. The molecule has 0 aliphatic rings. The predicted octanol–water partition coefficient (Wildman–Crippen LogP) is 1.52. The lowest BCUT2D eigenvalue weighted by molar-refractivity contribution is -0.121. The first-order valence-corrected chi connectivity index (χ1v) is 5.31. The van der Waals surface area contributed by atoms with E-state index in [1.165, 1.54) is 0 Å². The number of hydrogen-bond acceptors (Lipinski definition) is 3. The molecule has 1 aromatic carbocycles. The molecule has 0 fully saturated rings. The van der Waals surface area contributed by atoms with Crippen molar-refractivity contribution < 1.29 is 9.53 Å². The summed E-state index contributed by atoms with van der Waals surface area (Å²) in [6, 6.07) is 5.71. The van der Waals surface area contributed by atoms with Gasteiger partial charge in [0.15, 0.2) is 0 Å². The Bertz CT molecular complexity index is 355. The molecule has 0 saturated heterocycles. The molecule has 0 aliphatic heterocycles. The van der Waals surface area contributed by atoms with Crippen LogP contribution >= 0.6 is 15.9 Å². The van der Waals surface area contributed by atoms with Gasteiger partial charge >= 0.3 is 0 Å². The minimum Gasteiger partial charge on any atom is -0.493 e. The summed E-state index contributed by atoms with van der Waals surface area (Å²) in [7, 11) is 0. The van der Waals surface area contributed by atoms with Crippen molar-refractivity contribution in [3.8, 4) is 5.75 Å². The molecule has 0 bridgehead atoms. The van der Waals surface area contributed by atoms with Crippen molar-refractivity contribution in [1.82, 2.24) is 5.43 Å². The fourth-order valence-corrected chi connectivity index (χ4v) is 1.58. The molecule has 0 heterocycles. The minimum absolute atomic E-state index is 0.232. The quantitative estimate of drug-likeness (QED) is 0.496. The zero-order valence-corrected chi connectivity index (χ0v) is 10.0. The van der Waals surface area contributed by atoms with Crippen molar-refractivity contribution in [1.29, 1.82) is 0 Å². The molecule has 0 aromatic heterocycles. The van der Waals surface area contributed by atoms with Gasteiger partial charge in [0, 0.05) is 4.47 Å². The number of amides is 1. The lowest BCUT2D eigenvalue weighted by Crippen LogP contribution is -2.31. The molecule has 3 N–H and O–H groups in total. The van der Waals surface area contributed by atoms with Gasteiger partial charge in [-0.15, -0.1) is 0 Å². The second-order valence-corrected chi connectivity index (χ2v) is 3.99. The smallest absolute Gasteiger partial charge is 0.237 e. The Hall–Kier alpha value is -1.07. The molecular weight excluding hydrogens is 260 g/mol. The van der Waals surface area contributed by atoms with Crippen LogP contribution in [-0.4, -0.2) is 12.5 Å². The second-order valence-electron chi connectivity index (χ2n) is 3.08. The highest BCUT2D eigenvalue weighted by Crippen LogP contribution is 2.22. The van der Waals surface area contributed by atoms with Crippen LogP contribution in [0.25, 0.3) is 0 Å². The first-order valence-electron chi connectivity index (χ1n) is 4.52. The standard InChI is InChI=1S/C10H13BrN2O2/c1-7-6-8(11)2-3-9(7)15-5-4-10(14)13-12/h2-3,6H,4-5,12H2,1H3,(H,13,14). The summed E-state index contributed by atoms with van der Waals surface area (Å²) < 4.78 is 6.43. The third-order valence-corrected chi connectivity index (χ3v) is 2.38. The number of rotatable bonds is 4. The van der Waals surface area contributed by atoms with Gasteiger partial charge in [0.05, 0.1) is 13.0 Å². The molecule has 0 saturated carbocycles. The van der Waals surface area contributed by atoms with Crippen molar-refractivity contribution in [2.45, 2.75) is 13.3 Å². The largest absolute Gasteiger partial charge is 0.493 e. The Kier molecular flexibility index (Phi) is 4.58. The lowest BCUT2D eigenvalue weighted by atomic mass is 10.2. The predicted molar refractivity (Wildman–Crippen MR) is 61.3 cm³/mol. The summed E-state index contributed by atoms with van der Waals surface area (Å²) in [5.74, 6) is 5.49. The van der Waals surface area contributed by atoms with Crippen LogP contribution in [0.2, 0.25) is 0 Å². The average molecular weight is 273 g/mol. The van der Waals surface area contributed by atoms with Gasteiger partial charge in [-0.25, -0.2) is 5.84 Å². The maximum Gasteiger partial charge on any atom is 0.237 e. The number of ether oxygens (including phenoxy) is 1. The summed E-state index contributed by atoms with van der Waals surface area (Å²) in [6.07, 6.45) is 0.256. The Labute approximate surface area is 96.9 Å². The van der Waals surface area contributed by atoms with E-state index < -0.39 is 0 Å². The molecule has 82 valence electrons. The molecule has 0 atom stereocenters. The summed E-state index contributed by atoms with van der Waals surface area (Å²) in [5, 5.41) is 0. The molecule has 15 heavy (non-hydrogen) atoms. The summed E-state index contributed by atoms with van der Waals surface area (Å²) in [5.41, 5.74) is 3.07. The first-order chi connectivity index (χ1) is 7.13. The van der Waals surface area contributed by atoms with Gasteiger partial charge in [0.2, 0.25) is 5.91 Å². The number of benzene rings is 1. The highest BCUT2D eigenvalue weighted by molar-refractivity contribution is 9.10. The van der Waals surface area contributed by atoms with Gasteiger partial charge in [-0.05, 0) is 30.7 Å². The molecular formula is C10H13BrN2O2. The van der Waals surface area contributed by atoms with E-state index in [1.807, 2.05) is 30.5 Å². The monoisotopic (exact) mass is 272 g/mol. The van der Waals surface area contributed by atoms with Crippen LogP contribution in [0.3, 0.4) is 0 Å². The van der Waals surface area contributed by atoms with E-state index in [4.69, 9.17) is 10.6 Å². The zero-order chi connectivity index (χ0) is 11.3. The fourth-order valence-electron chi connectivity index (χ4n) is 1.10. The number of carbonyl (C=O) groups is 1. The molecule has 1 aromatic rings. The van der Waals surface area contributed by atoms with Gasteiger partial charge < -0.3 is 4.74 Å². The Morgan fingerprint density at radius 2 is 2.33 bits per heavy atom. The lowest BCUT2D eigenvalue weighted by Gasteiger charge is -2.08. The van der Waals surface area contributed by atoms with E-state index in [0.717, 1.165) is 15.8 Å². The van der Waals surface area contributed by atoms with Gasteiger partial charge in [-0.2, -0.15) is 0 Å². The summed E-state index contributed by atoms with van der Waals surface area (Å²) in [6.45, 7) is 2.27. The number of carbonyl (C=O) groups excluding carboxylic acids is 1. The SMILES string of the molecule is Cc1cc(Br)ccc1OCCC(=O)NN. The van der Waals surface area contributed by atoms with E-state index in [9.17, 15) is 4.79 Å². The second kappa shape index (κ2) is 5.72. The highest BCUT2D eigenvalue weighted by atomic mass is 79.9. The van der Waals surface area contributed by atoms with Crippen molar-refractivity contribution in [3.05, 3.63) is 28.2 Å². The molecule has 1 amide bonds. The molecule has 0 unspecified atom stereocenters. The number of nitrogens with two attached hydrogens (primary N) is 1. The molecule has 0 radical (unpaired) electrons. The first kappa shape index (κ1) is 12.0. The van der Waals surface area contributed by atoms with Crippen LogP contribution in [0.15, 0.2) is 22.7 Å². The van der Waals surface area contributed by atoms with Gasteiger partial charge in [-0.1, -0.05) is 15.9 Å².